The third-order valence-electron chi connectivity index (χ3n) is 6.22. The number of carbonyl (C=O) groups excluding carboxylic acids is 3. The van der Waals surface area contributed by atoms with Gasteiger partial charge in [0.05, 0.1) is 0 Å². The molecule has 0 spiro atoms. The molecular weight excluding hydrogens is 454 g/mol. The SMILES string of the molecule is C#Cc1ccc(C(C(=O)NC2CCCCC2)N(CC)C(=O)C(CC(C)C)NC(=O)OC(C)(C)C)cc1. The van der Waals surface area contributed by atoms with E-state index in [9.17, 15) is 14.4 Å². The smallest absolute Gasteiger partial charge is 0.408 e. The van der Waals surface area contributed by atoms with Crippen LogP contribution in [0.2, 0.25) is 0 Å². The van der Waals surface area contributed by atoms with Crippen molar-refractivity contribution in [2.24, 2.45) is 5.92 Å². The number of carbonyl (C=O) groups is 3. The lowest BCUT2D eigenvalue weighted by Gasteiger charge is -2.35. The monoisotopic (exact) mass is 497 g/mol. The van der Waals surface area contributed by atoms with Gasteiger partial charge in [0.2, 0.25) is 11.8 Å². The van der Waals surface area contributed by atoms with Crippen LogP contribution in [0.1, 0.15) is 97.2 Å². The summed E-state index contributed by atoms with van der Waals surface area (Å²) in [5, 5.41) is 5.94. The van der Waals surface area contributed by atoms with Crippen LogP contribution in [0.15, 0.2) is 24.3 Å². The van der Waals surface area contributed by atoms with Crippen molar-refractivity contribution in [1.29, 1.82) is 0 Å². The van der Waals surface area contributed by atoms with E-state index in [4.69, 9.17) is 11.2 Å². The molecular formula is C29H43N3O4. The lowest BCUT2D eigenvalue weighted by atomic mass is 9.94. The predicted molar refractivity (Wildman–Crippen MR) is 142 cm³/mol. The lowest BCUT2D eigenvalue weighted by molar-refractivity contribution is -0.142. The van der Waals surface area contributed by atoms with Crippen molar-refractivity contribution >= 4 is 17.9 Å². The largest absolute Gasteiger partial charge is 0.444 e. The van der Waals surface area contributed by atoms with E-state index < -0.39 is 23.8 Å². The van der Waals surface area contributed by atoms with Gasteiger partial charge in [-0.1, -0.05) is 51.2 Å². The standard InChI is InChI=1S/C29H43N3O4/c1-8-21-15-17-22(18-16-21)25(26(33)30-23-13-11-10-12-14-23)32(9-2)27(34)24(19-20(3)4)31-28(35)36-29(5,6)7/h1,15-18,20,23-25H,9-14,19H2,2-7H3,(H,30,33)(H,31,35). The van der Waals surface area contributed by atoms with Gasteiger partial charge in [-0.3, -0.25) is 9.59 Å². The van der Waals surface area contributed by atoms with E-state index in [-0.39, 0.29) is 23.8 Å². The molecule has 0 radical (unpaired) electrons. The van der Waals surface area contributed by atoms with Gasteiger partial charge in [0.15, 0.2) is 0 Å². The van der Waals surface area contributed by atoms with Gasteiger partial charge in [0, 0.05) is 18.2 Å². The van der Waals surface area contributed by atoms with Crippen LogP contribution in [-0.2, 0) is 14.3 Å². The average Bonchev–Trinajstić information content (AvgIpc) is 2.80. The minimum atomic E-state index is -0.841. The predicted octanol–water partition coefficient (Wildman–Crippen LogP) is 4.95. The highest BCUT2D eigenvalue weighted by atomic mass is 16.6. The first-order chi connectivity index (χ1) is 16.9. The highest BCUT2D eigenvalue weighted by Gasteiger charge is 2.36. The maximum atomic E-state index is 13.9. The summed E-state index contributed by atoms with van der Waals surface area (Å²) in [5.74, 6) is 2.19. The topological polar surface area (TPSA) is 87.7 Å². The Labute approximate surface area is 216 Å². The van der Waals surface area contributed by atoms with Gasteiger partial charge in [-0.2, -0.15) is 0 Å². The molecule has 1 fully saturated rings. The Balaban J connectivity index is 2.38. The van der Waals surface area contributed by atoms with E-state index in [0.717, 1.165) is 25.7 Å². The minimum absolute atomic E-state index is 0.0962. The van der Waals surface area contributed by atoms with E-state index in [0.29, 0.717) is 24.1 Å². The molecule has 3 amide bonds. The number of nitrogens with one attached hydrogen (secondary N) is 2. The number of amides is 3. The summed E-state index contributed by atoms with van der Waals surface area (Å²) >= 11 is 0. The fraction of sp³-hybridized carbons (Fsp3) is 0.621. The van der Waals surface area contributed by atoms with Crippen LogP contribution in [0.5, 0.6) is 0 Å². The molecule has 0 heterocycles. The van der Waals surface area contributed by atoms with Gasteiger partial charge < -0.3 is 20.3 Å². The molecule has 0 aliphatic heterocycles. The fourth-order valence-electron chi connectivity index (χ4n) is 4.57. The molecule has 1 aliphatic rings. The van der Waals surface area contributed by atoms with E-state index in [1.165, 1.54) is 6.42 Å². The third kappa shape index (κ3) is 8.89. The molecule has 7 nitrogen and oxygen atoms in total. The molecule has 198 valence electrons. The van der Waals surface area contributed by atoms with E-state index in [2.05, 4.69) is 16.6 Å². The molecule has 1 aromatic carbocycles. The highest BCUT2D eigenvalue weighted by Crippen LogP contribution is 2.26. The van der Waals surface area contributed by atoms with Gasteiger partial charge in [-0.25, -0.2) is 4.79 Å². The molecule has 0 saturated heterocycles. The molecule has 1 aliphatic carbocycles. The minimum Gasteiger partial charge on any atom is -0.444 e. The normalized spacial score (nSPS) is 15.9. The Kier molecular flexibility index (Phi) is 10.8. The van der Waals surface area contributed by atoms with E-state index in [1.54, 1.807) is 49.9 Å². The van der Waals surface area contributed by atoms with Crippen LogP contribution in [0.3, 0.4) is 0 Å². The summed E-state index contributed by atoms with van der Waals surface area (Å²) in [7, 11) is 0. The van der Waals surface area contributed by atoms with Gasteiger partial charge >= 0.3 is 6.09 Å². The summed E-state index contributed by atoms with van der Waals surface area (Å²) in [6.45, 7) is 11.4. The van der Waals surface area contributed by atoms with E-state index >= 15 is 0 Å². The fourth-order valence-corrected chi connectivity index (χ4v) is 4.57. The third-order valence-corrected chi connectivity index (χ3v) is 6.22. The quantitative estimate of drug-likeness (QED) is 0.473. The number of rotatable bonds is 9. The first-order valence-electron chi connectivity index (χ1n) is 13.1. The first-order valence-corrected chi connectivity index (χ1v) is 13.1. The Morgan fingerprint density at radius 3 is 2.22 bits per heavy atom. The summed E-state index contributed by atoms with van der Waals surface area (Å²) in [5.41, 5.74) is 0.683. The molecule has 0 aromatic heterocycles. The molecule has 2 unspecified atom stereocenters. The zero-order valence-electron chi connectivity index (χ0n) is 22.7. The zero-order valence-corrected chi connectivity index (χ0v) is 22.7. The van der Waals surface area contributed by atoms with Crippen molar-refractivity contribution in [3.05, 3.63) is 35.4 Å². The van der Waals surface area contributed by atoms with Crippen LogP contribution in [0.25, 0.3) is 0 Å². The van der Waals surface area contributed by atoms with Crippen molar-refractivity contribution in [1.82, 2.24) is 15.5 Å². The summed E-state index contributed by atoms with van der Waals surface area (Å²) in [6.07, 6.45) is 10.5. The van der Waals surface area contributed by atoms with Gasteiger partial charge in [-0.05, 0) is 70.6 Å². The summed E-state index contributed by atoms with van der Waals surface area (Å²) in [4.78, 5) is 41.7. The van der Waals surface area contributed by atoms with Crippen molar-refractivity contribution in [3.63, 3.8) is 0 Å². The van der Waals surface area contributed by atoms with Gasteiger partial charge in [0.1, 0.15) is 17.7 Å². The molecule has 1 aromatic rings. The molecule has 2 N–H and O–H groups in total. The molecule has 36 heavy (non-hydrogen) atoms. The number of benzene rings is 1. The van der Waals surface area contributed by atoms with Crippen LogP contribution < -0.4 is 10.6 Å². The van der Waals surface area contributed by atoms with Crippen LogP contribution in [-0.4, -0.2) is 47.0 Å². The first kappa shape index (κ1) is 29.2. The second-order valence-electron chi connectivity index (χ2n) is 11.0. The van der Waals surface area contributed by atoms with Crippen LogP contribution >= 0.6 is 0 Å². The Morgan fingerprint density at radius 1 is 1.11 bits per heavy atom. The van der Waals surface area contributed by atoms with Gasteiger partial charge in [-0.15, -0.1) is 6.42 Å². The second kappa shape index (κ2) is 13.3. The molecule has 7 heteroatoms. The van der Waals surface area contributed by atoms with Gasteiger partial charge in [0.25, 0.3) is 0 Å². The lowest BCUT2D eigenvalue weighted by Crippen LogP contribution is -2.54. The Bertz CT molecular complexity index is 921. The molecule has 2 atom stereocenters. The summed E-state index contributed by atoms with van der Waals surface area (Å²) < 4.78 is 5.41. The van der Waals surface area contributed by atoms with Crippen molar-refractivity contribution in [2.45, 2.75) is 104 Å². The summed E-state index contributed by atoms with van der Waals surface area (Å²) in [6, 6.07) is 5.59. The van der Waals surface area contributed by atoms with Crippen molar-refractivity contribution in [2.75, 3.05) is 6.54 Å². The maximum absolute atomic E-state index is 13.9. The Morgan fingerprint density at radius 2 is 1.72 bits per heavy atom. The maximum Gasteiger partial charge on any atom is 0.408 e. The second-order valence-corrected chi connectivity index (χ2v) is 11.0. The zero-order chi connectivity index (χ0) is 26.9. The number of alkyl carbamates (subject to hydrolysis) is 1. The number of nitrogens with zero attached hydrogens (tertiary/aromatic N) is 1. The van der Waals surface area contributed by atoms with Crippen LogP contribution in [0.4, 0.5) is 4.79 Å². The number of likely N-dealkylation sites (N-methyl/N-ethyl adjacent to an activating group) is 1. The van der Waals surface area contributed by atoms with Crippen molar-refractivity contribution in [3.8, 4) is 12.3 Å². The number of hydrogen-bond donors (Lipinski definition) is 2. The Hall–Kier alpha value is -3.01. The molecule has 1 saturated carbocycles. The number of ether oxygens (including phenoxy) is 1. The number of hydrogen-bond acceptors (Lipinski definition) is 4. The number of terminal acetylenes is 1. The van der Waals surface area contributed by atoms with E-state index in [1.807, 2.05) is 20.8 Å². The molecule has 2 rings (SSSR count). The average molecular weight is 498 g/mol. The van der Waals surface area contributed by atoms with Crippen LogP contribution in [0, 0.1) is 18.3 Å². The highest BCUT2D eigenvalue weighted by molar-refractivity contribution is 5.92. The molecule has 0 bridgehead atoms. The van der Waals surface area contributed by atoms with Crippen molar-refractivity contribution < 1.29 is 19.1 Å².